The fraction of sp³-hybridized carbons (Fsp3) is 0.714. The first-order valence-electron chi connectivity index (χ1n) is 6.78. The van der Waals surface area contributed by atoms with E-state index in [4.69, 9.17) is 4.74 Å². The van der Waals surface area contributed by atoms with Gasteiger partial charge in [-0.15, -0.1) is 6.58 Å². The number of carbonyl (C=O) groups excluding carboxylic acids is 2. The summed E-state index contributed by atoms with van der Waals surface area (Å²) in [5.74, 6) is -0.135. The molecule has 19 heavy (non-hydrogen) atoms. The van der Waals surface area contributed by atoms with Gasteiger partial charge in [0.1, 0.15) is 11.6 Å². The number of nitrogens with one attached hydrogen (secondary N) is 1. The summed E-state index contributed by atoms with van der Waals surface area (Å²) in [5, 5.41) is 2.80. The molecule has 2 atom stereocenters. The second-order valence-corrected chi connectivity index (χ2v) is 5.04. The number of nitrogens with zero attached hydrogens (tertiary/aromatic N) is 1. The maximum atomic E-state index is 12.4. The molecule has 2 amide bonds. The monoisotopic (exact) mass is 268 g/mol. The Morgan fingerprint density at radius 3 is 2.74 bits per heavy atom. The van der Waals surface area contributed by atoms with Gasteiger partial charge in [0.2, 0.25) is 11.8 Å². The van der Waals surface area contributed by atoms with Crippen LogP contribution in [-0.4, -0.2) is 48.1 Å². The van der Waals surface area contributed by atoms with E-state index in [-0.39, 0.29) is 11.8 Å². The third kappa shape index (κ3) is 3.56. The lowest BCUT2D eigenvalue weighted by Gasteiger charge is -2.42. The van der Waals surface area contributed by atoms with Crippen molar-refractivity contribution in [2.45, 2.75) is 45.2 Å². The molecule has 5 nitrogen and oxygen atoms in total. The summed E-state index contributed by atoms with van der Waals surface area (Å²) in [6.45, 7) is 10.5. The summed E-state index contributed by atoms with van der Waals surface area (Å²) in [6, 6.07) is -0.435. The molecule has 0 bridgehead atoms. The van der Waals surface area contributed by atoms with Gasteiger partial charge in [-0.05, 0) is 26.7 Å². The average molecular weight is 268 g/mol. The zero-order valence-corrected chi connectivity index (χ0v) is 12.1. The van der Waals surface area contributed by atoms with Crippen LogP contribution in [0.5, 0.6) is 0 Å². The van der Waals surface area contributed by atoms with Crippen LogP contribution in [0.3, 0.4) is 0 Å². The van der Waals surface area contributed by atoms with Crippen molar-refractivity contribution in [1.82, 2.24) is 10.2 Å². The Labute approximate surface area is 115 Å². The Balaban J connectivity index is 2.60. The van der Waals surface area contributed by atoms with E-state index >= 15 is 0 Å². The third-order valence-corrected chi connectivity index (χ3v) is 3.63. The number of hydrogen-bond acceptors (Lipinski definition) is 3. The topological polar surface area (TPSA) is 58.6 Å². The van der Waals surface area contributed by atoms with Gasteiger partial charge in [0.15, 0.2) is 0 Å². The van der Waals surface area contributed by atoms with Crippen molar-refractivity contribution in [2.75, 3.05) is 19.8 Å². The first-order valence-corrected chi connectivity index (χ1v) is 6.78. The lowest BCUT2D eigenvalue weighted by atomic mass is 9.92. The van der Waals surface area contributed by atoms with Gasteiger partial charge in [0.05, 0.1) is 13.2 Å². The molecule has 0 saturated carbocycles. The highest BCUT2D eigenvalue weighted by Crippen LogP contribution is 2.20. The smallest absolute Gasteiger partial charge is 0.248 e. The quantitative estimate of drug-likeness (QED) is 0.555. The van der Waals surface area contributed by atoms with Crippen LogP contribution in [0.1, 0.15) is 33.6 Å². The molecule has 0 spiro atoms. The molecule has 2 unspecified atom stereocenters. The molecule has 1 fully saturated rings. The number of hydrogen-bond donors (Lipinski definition) is 1. The van der Waals surface area contributed by atoms with Crippen molar-refractivity contribution in [3.63, 3.8) is 0 Å². The van der Waals surface area contributed by atoms with Crippen LogP contribution in [0.15, 0.2) is 12.7 Å². The second kappa shape index (κ2) is 6.70. The molecule has 1 rings (SSSR count). The van der Waals surface area contributed by atoms with Crippen LogP contribution in [0.4, 0.5) is 0 Å². The highest BCUT2D eigenvalue weighted by Gasteiger charge is 2.44. The van der Waals surface area contributed by atoms with Crippen molar-refractivity contribution in [1.29, 1.82) is 0 Å². The van der Waals surface area contributed by atoms with Crippen LogP contribution in [-0.2, 0) is 14.3 Å². The van der Waals surface area contributed by atoms with Crippen LogP contribution in [0.25, 0.3) is 0 Å². The van der Waals surface area contributed by atoms with Crippen molar-refractivity contribution in [2.24, 2.45) is 0 Å². The summed E-state index contributed by atoms with van der Waals surface area (Å²) >= 11 is 0. The molecular formula is C14H24N2O3. The molecule has 1 aliphatic heterocycles. The summed E-state index contributed by atoms with van der Waals surface area (Å²) in [4.78, 5) is 25.9. The predicted molar refractivity (Wildman–Crippen MR) is 73.6 cm³/mol. The third-order valence-electron chi connectivity index (χ3n) is 3.63. The molecule has 1 N–H and O–H groups in total. The number of rotatable bonds is 7. The molecule has 0 aromatic rings. The van der Waals surface area contributed by atoms with Gasteiger partial charge in [-0.3, -0.25) is 9.59 Å². The summed E-state index contributed by atoms with van der Waals surface area (Å²) in [5.41, 5.74) is -0.787. The fourth-order valence-corrected chi connectivity index (χ4v) is 2.03. The first kappa shape index (κ1) is 15.7. The molecule has 0 radical (unpaired) electrons. The molecular weight excluding hydrogens is 244 g/mol. The molecule has 0 aromatic heterocycles. The van der Waals surface area contributed by atoms with E-state index in [9.17, 15) is 9.59 Å². The predicted octanol–water partition coefficient (Wildman–Crippen LogP) is 1.09. The zero-order chi connectivity index (χ0) is 14.5. The SMILES string of the molecule is C=CCCOCCN1C(=O)C(C)(CC)NC(=O)C1C. The number of amides is 2. The molecule has 1 heterocycles. The van der Waals surface area contributed by atoms with E-state index in [1.807, 2.05) is 6.92 Å². The average Bonchev–Trinajstić information content (AvgIpc) is 2.40. The minimum Gasteiger partial charge on any atom is -0.379 e. The van der Waals surface area contributed by atoms with Crippen LogP contribution in [0.2, 0.25) is 0 Å². The van der Waals surface area contributed by atoms with E-state index in [1.54, 1.807) is 24.8 Å². The molecule has 108 valence electrons. The Morgan fingerprint density at radius 2 is 2.16 bits per heavy atom. The highest BCUT2D eigenvalue weighted by atomic mass is 16.5. The van der Waals surface area contributed by atoms with Crippen LogP contribution >= 0.6 is 0 Å². The first-order chi connectivity index (χ1) is 8.96. The van der Waals surface area contributed by atoms with Gasteiger partial charge in [0, 0.05) is 6.54 Å². The minimum absolute atomic E-state index is 0.0329. The minimum atomic E-state index is -0.787. The lowest BCUT2D eigenvalue weighted by molar-refractivity contribution is -0.154. The summed E-state index contributed by atoms with van der Waals surface area (Å²) in [7, 11) is 0. The van der Waals surface area contributed by atoms with Gasteiger partial charge in [-0.1, -0.05) is 13.0 Å². The second-order valence-electron chi connectivity index (χ2n) is 5.04. The van der Waals surface area contributed by atoms with Gasteiger partial charge in [-0.25, -0.2) is 0 Å². The Kier molecular flexibility index (Phi) is 5.54. The summed E-state index contributed by atoms with van der Waals surface area (Å²) < 4.78 is 5.41. The zero-order valence-electron chi connectivity index (χ0n) is 12.1. The maximum Gasteiger partial charge on any atom is 0.248 e. The maximum absolute atomic E-state index is 12.4. The van der Waals surface area contributed by atoms with Crippen LogP contribution in [0, 0.1) is 0 Å². The van der Waals surface area contributed by atoms with Crippen molar-refractivity contribution in [3.8, 4) is 0 Å². The number of carbonyl (C=O) groups is 2. The molecule has 0 aliphatic carbocycles. The Hall–Kier alpha value is -1.36. The lowest BCUT2D eigenvalue weighted by Crippen LogP contribution is -2.68. The highest BCUT2D eigenvalue weighted by molar-refractivity contribution is 5.99. The number of ether oxygens (including phenoxy) is 1. The van der Waals surface area contributed by atoms with Crippen LogP contribution < -0.4 is 5.32 Å². The molecule has 5 heteroatoms. The van der Waals surface area contributed by atoms with Gasteiger partial charge >= 0.3 is 0 Å². The van der Waals surface area contributed by atoms with E-state index in [0.29, 0.717) is 26.2 Å². The van der Waals surface area contributed by atoms with Crippen molar-refractivity contribution in [3.05, 3.63) is 12.7 Å². The Morgan fingerprint density at radius 1 is 1.47 bits per heavy atom. The standard InChI is InChI=1S/C14H24N2O3/c1-5-7-9-19-10-8-16-11(3)12(17)15-14(4,6-2)13(16)18/h5,11H,1,6-10H2,2-4H3,(H,15,17). The van der Waals surface area contributed by atoms with E-state index in [0.717, 1.165) is 6.42 Å². The Bertz CT molecular complexity index is 357. The van der Waals surface area contributed by atoms with Gasteiger partial charge in [-0.2, -0.15) is 0 Å². The largest absolute Gasteiger partial charge is 0.379 e. The van der Waals surface area contributed by atoms with E-state index < -0.39 is 11.6 Å². The fourth-order valence-electron chi connectivity index (χ4n) is 2.03. The van der Waals surface area contributed by atoms with E-state index in [1.165, 1.54) is 0 Å². The van der Waals surface area contributed by atoms with Gasteiger partial charge < -0.3 is 15.0 Å². The normalized spacial score (nSPS) is 27.3. The molecule has 1 saturated heterocycles. The molecule has 1 aliphatic rings. The van der Waals surface area contributed by atoms with E-state index in [2.05, 4.69) is 11.9 Å². The molecule has 0 aromatic carbocycles. The van der Waals surface area contributed by atoms with Crippen molar-refractivity contribution >= 4 is 11.8 Å². The van der Waals surface area contributed by atoms with Crippen molar-refractivity contribution < 1.29 is 14.3 Å². The van der Waals surface area contributed by atoms with Gasteiger partial charge in [0.25, 0.3) is 0 Å². The number of piperazine rings is 1. The summed E-state index contributed by atoms with van der Waals surface area (Å²) in [6.07, 6.45) is 3.16.